The zero-order valence-corrected chi connectivity index (χ0v) is 10.8. The van der Waals surface area contributed by atoms with E-state index in [1.54, 1.807) is 12.4 Å². The molecule has 1 radical (unpaired) electrons. The minimum Gasteiger partial charge on any atom is -0.289 e. The molecule has 1 amide bonds. The molecule has 4 heteroatoms. The van der Waals surface area contributed by atoms with Crippen LogP contribution in [0.25, 0.3) is 6.08 Å². The van der Waals surface area contributed by atoms with Crippen LogP contribution in [-0.2, 0) is 9.59 Å². The maximum Gasteiger partial charge on any atom is 0.261 e. The largest absolute Gasteiger partial charge is 0.289 e. The summed E-state index contributed by atoms with van der Waals surface area (Å²) in [5, 5.41) is 3.39. The molecular formula is C15H17N2O2. The molecule has 0 saturated carbocycles. The third-order valence-electron chi connectivity index (χ3n) is 3.11. The van der Waals surface area contributed by atoms with Gasteiger partial charge in [0.2, 0.25) is 6.29 Å². The van der Waals surface area contributed by atoms with E-state index in [1.165, 1.54) is 11.1 Å². The number of hydrogen-bond donors (Lipinski definition) is 0. The summed E-state index contributed by atoms with van der Waals surface area (Å²) in [5.74, 6) is -0.172. The van der Waals surface area contributed by atoms with Crippen LogP contribution < -0.4 is 0 Å². The second-order valence-corrected chi connectivity index (χ2v) is 4.45. The Bertz CT molecular complexity index is 450. The van der Waals surface area contributed by atoms with E-state index in [4.69, 9.17) is 0 Å². The molecule has 0 spiro atoms. The van der Waals surface area contributed by atoms with E-state index in [0.717, 1.165) is 31.5 Å². The van der Waals surface area contributed by atoms with Crippen LogP contribution in [0.5, 0.6) is 0 Å². The van der Waals surface area contributed by atoms with Gasteiger partial charge in [0.05, 0.1) is 0 Å². The number of rotatable bonds is 5. The smallest absolute Gasteiger partial charge is 0.261 e. The quantitative estimate of drug-likeness (QED) is 0.753. The molecule has 1 heterocycles. The number of nitrogens with zero attached hydrogens (tertiary/aromatic N) is 2. The lowest BCUT2D eigenvalue weighted by atomic mass is 10.2. The Morgan fingerprint density at radius 2 is 1.95 bits per heavy atom. The molecule has 2 rings (SSSR count). The summed E-state index contributed by atoms with van der Waals surface area (Å²) in [5.41, 5.74) is 0.965. The number of carbonyl (C=O) groups is 1. The van der Waals surface area contributed by atoms with Crippen molar-refractivity contribution in [3.8, 4) is 0 Å². The highest BCUT2D eigenvalue weighted by Crippen LogP contribution is 2.11. The summed E-state index contributed by atoms with van der Waals surface area (Å²) >= 11 is 0. The molecule has 1 aromatic rings. The normalized spacial score (nSPS) is 15.8. The average molecular weight is 257 g/mol. The van der Waals surface area contributed by atoms with Crippen molar-refractivity contribution < 1.29 is 9.59 Å². The molecule has 0 bridgehead atoms. The fourth-order valence-electron chi connectivity index (χ4n) is 2.14. The van der Waals surface area contributed by atoms with Crippen LogP contribution in [0.4, 0.5) is 0 Å². The first-order chi connectivity index (χ1) is 9.31. The van der Waals surface area contributed by atoms with Gasteiger partial charge in [0, 0.05) is 19.2 Å². The van der Waals surface area contributed by atoms with Gasteiger partial charge in [-0.15, -0.1) is 0 Å². The van der Waals surface area contributed by atoms with Crippen molar-refractivity contribution in [2.75, 3.05) is 19.6 Å². The zero-order chi connectivity index (χ0) is 13.5. The van der Waals surface area contributed by atoms with E-state index >= 15 is 0 Å². The molecule has 1 aliphatic rings. The van der Waals surface area contributed by atoms with Crippen LogP contribution in [0.2, 0.25) is 0 Å². The van der Waals surface area contributed by atoms with E-state index in [2.05, 4.69) is 0 Å². The number of amides is 1. The molecule has 0 N–H and O–H groups in total. The highest BCUT2D eigenvalue weighted by Gasteiger charge is 2.22. The number of carbonyl (C=O) groups excluding carboxylic acids is 2. The fraction of sp³-hybridized carbons (Fsp3) is 0.333. The minimum absolute atomic E-state index is 0.00202. The SMILES string of the molecule is O=[C]CN(C(=O)/C=C/c1ccccc1)N1CCCC1. The second-order valence-electron chi connectivity index (χ2n) is 4.45. The van der Waals surface area contributed by atoms with Crippen molar-refractivity contribution in [1.82, 2.24) is 10.0 Å². The predicted octanol–water partition coefficient (Wildman–Crippen LogP) is 1.65. The van der Waals surface area contributed by atoms with Crippen LogP contribution in [-0.4, -0.2) is 41.8 Å². The molecule has 1 aliphatic heterocycles. The Balaban J connectivity index is 2.02. The van der Waals surface area contributed by atoms with Gasteiger partial charge < -0.3 is 0 Å². The van der Waals surface area contributed by atoms with Gasteiger partial charge in [-0.25, -0.2) is 5.01 Å². The molecule has 1 aromatic carbocycles. The Morgan fingerprint density at radius 1 is 1.26 bits per heavy atom. The molecule has 99 valence electrons. The van der Waals surface area contributed by atoms with Gasteiger partial charge in [-0.05, 0) is 24.5 Å². The summed E-state index contributed by atoms with van der Waals surface area (Å²) in [7, 11) is 0. The Kier molecular flexibility index (Phi) is 4.86. The molecule has 4 nitrogen and oxygen atoms in total. The lowest BCUT2D eigenvalue weighted by Crippen LogP contribution is -2.45. The fourth-order valence-corrected chi connectivity index (χ4v) is 2.14. The van der Waals surface area contributed by atoms with Gasteiger partial charge in [0.25, 0.3) is 5.91 Å². The van der Waals surface area contributed by atoms with Gasteiger partial charge in [-0.2, -0.15) is 0 Å². The first-order valence-corrected chi connectivity index (χ1v) is 6.46. The number of hydrazine groups is 1. The highest BCUT2D eigenvalue weighted by molar-refractivity contribution is 5.92. The summed E-state index contributed by atoms with van der Waals surface area (Å²) in [4.78, 5) is 22.7. The maximum absolute atomic E-state index is 12.1. The third-order valence-corrected chi connectivity index (χ3v) is 3.11. The van der Waals surface area contributed by atoms with Crippen molar-refractivity contribution in [1.29, 1.82) is 0 Å². The van der Waals surface area contributed by atoms with E-state index < -0.39 is 0 Å². The van der Waals surface area contributed by atoms with Crippen LogP contribution in [0.3, 0.4) is 0 Å². The summed E-state index contributed by atoms with van der Waals surface area (Å²) in [6.07, 6.45) is 7.19. The molecule has 0 atom stereocenters. The van der Waals surface area contributed by atoms with Crippen LogP contribution in [0, 0.1) is 0 Å². The molecule has 0 unspecified atom stereocenters. The molecule has 19 heavy (non-hydrogen) atoms. The van der Waals surface area contributed by atoms with E-state index in [-0.39, 0.29) is 12.5 Å². The lowest BCUT2D eigenvalue weighted by molar-refractivity contribution is -0.139. The zero-order valence-electron chi connectivity index (χ0n) is 10.8. The van der Waals surface area contributed by atoms with Crippen molar-refractivity contribution >= 4 is 18.3 Å². The maximum atomic E-state index is 12.1. The summed E-state index contributed by atoms with van der Waals surface area (Å²) < 4.78 is 0. The first kappa shape index (κ1) is 13.5. The highest BCUT2D eigenvalue weighted by atomic mass is 16.2. The van der Waals surface area contributed by atoms with Gasteiger partial charge in [0.15, 0.2) is 0 Å². The monoisotopic (exact) mass is 257 g/mol. The van der Waals surface area contributed by atoms with Crippen LogP contribution in [0.15, 0.2) is 36.4 Å². The minimum atomic E-state index is -0.172. The first-order valence-electron chi connectivity index (χ1n) is 6.46. The third kappa shape index (κ3) is 3.76. The Hall–Kier alpha value is -1.94. The van der Waals surface area contributed by atoms with Crippen molar-refractivity contribution in [3.05, 3.63) is 42.0 Å². The van der Waals surface area contributed by atoms with E-state index in [9.17, 15) is 9.59 Å². The predicted molar refractivity (Wildman–Crippen MR) is 73.7 cm³/mol. The van der Waals surface area contributed by atoms with Gasteiger partial charge in [-0.3, -0.25) is 14.6 Å². The van der Waals surface area contributed by atoms with Crippen molar-refractivity contribution in [2.45, 2.75) is 12.8 Å². The topological polar surface area (TPSA) is 40.6 Å². The Morgan fingerprint density at radius 3 is 2.58 bits per heavy atom. The van der Waals surface area contributed by atoms with Crippen molar-refractivity contribution in [3.63, 3.8) is 0 Å². The molecular weight excluding hydrogens is 240 g/mol. The second kappa shape index (κ2) is 6.85. The molecule has 0 aromatic heterocycles. The van der Waals surface area contributed by atoms with Crippen LogP contribution in [0.1, 0.15) is 18.4 Å². The van der Waals surface area contributed by atoms with Gasteiger partial charge in [0.1, 0.15) is 6.54 Å². The van der Waals surface area contributed by atoms with E-state index in [1.807, 2.05) is 35.3 Å². The van der Waals surface area contributed by atoms with Crippen LogP contribution >= 0.6 is 0 Å². The molecule has 0 aliphatic carbocycles. The summed E-state index contributed by atoms with van der Waals surface area (Å²) in [6, 6.07) is 9.62. The molecule has 1 fully saturated rings. The molecule has 1 saturated heterocycles. The van der Waals surface area contributed by atoms with Gasteiger partial charge in [-0.1, -0.05) is 30.3 Å². The average Bonchev–Trinajstić information content (AvgIpc) is 2.97. The van der Waals surface area contributed by atoms with E-state index in [0.29, 0.717) is 0 Å². The Labute approximate surface area is 113 Å². The lowest BCUT2D eigenvalue weighted by Gasteiger charge is -2.28. The number of benzene rings is 1. The van der Waals surface area contributed by atoms with Crippen molar-refractivity contribution in [2.24, 2.45) is 0 Å². The standard InChI is InChI=1S/C15H17N2O2/c18-13-12-17(16-10-4-5-11-16)15(19)9-8-14-6-2-1-3-7-14/h1-3,6-9H,4-5,10-12H2/b9-8+. The number of hydrogen-bond acceptors (Lipinski definition) is 3. The summed E-state index contributed by atoms with van der Waals surface area (Å²) in [6.45, 7) is 1.65. The van der Waals surface area contributed by atoms with Gasteiger partial charge >= 0.3 is 0 Å².